The highest BCUT2D eigenvalue weighted by Gasteiger charge is 2.18. The van der Waals surface area contributed by atoms with Crippen LogP contribution < -0.4 is 9.47 Å². The fourth-order valence-electron chi connectivity index (χ4n) is 4.20. The van der Waals surface area contributed by atoms with Crippen LogP contribution in [0.2, 0.25) is 0 Å². The Balaban J connectivity index is 1.36. The van der Waals surface area contributed by atoms with Crippen LogP contribution in [0, 0.1) is 18.8 Å². The van der Waals surface area contributed by atoms with Gasteiger partial charge >= 0.3 is 5.97 Å². The largest absolute Gasteiger partial charge is 0.490 e. The Labute approximate surface area is 187 Å². The van der Waals surface area contributed by atoms with Crippen LogP contribution in [-0.2, 0) is 0 Å². The molecule has 0 bridgehead atoms. The van der Waals surface area contributed by atoms with E-state index < -0.39 is 0 Å². The number of carbonyl (C=O) groups excluding carboxylic acids is 1. The molecule has 0 N–H and O–H groups in total. The Morgan fingerprint density at radius 2 is 1.61 bits per heavy atom. The highest BCUT2D eigenvalue weighted by atomic mass is 16.5. The Hall–Kier alpha value is -2.55. The van der Waals surface area contributed by atoms with Gasteiger partial charge in [-0.3, -0.25) is 0 Å². The van der Waals surface area contributed by atoms with E-state index in [1.54, 1.807) is 24.3 Å². The summed E-state index contributed by atoms with van der Waals surface area (Å²) < 4.78 is 11.2. The lowest BCUT2D eigenvalue weighted by atomic mass is 9.79. The van der Waals surface area contributed by atoms with Gasteiger partial charge in [-0.2, -0.15) is 0 Å². The van der Waals surface area contributed by atoms with Gasteiger partial charge in [-0.05, 0) is 80.8 Å². The third-order valence-corrected chi connectivity index (χ3v) is 6.18. The molecule has 1 saturated carbocycles. The third-order valence-electron chi connectivity index (χ3n) is 6.18. The lowest BCUT2D eigenvalue weighted by Gasteiger charge is -2.26. The molecule has 166 valence electrons. The van der Waals surface area contributed by atoms with Gasteiger partial charge in [-0.25, -0.2) is 4.79 Å². The first-order chi connectivity index (χ1) is 15.1. The second-order valence-electron chi connectivity index (χ2n) is 8.74. The van der Waals surface area contributed by atoms with Crippen molar-refractivity contribution in [3.8, 4) is 11.5 Å². The van der Waals surface area contributed by atoms with Gasteiger partial charge in [0.05, 0.1) is 5.56 Å². The molecular formula is C28H36O3. The molecule has 0 spiro atoms. The van der Waals surface area contributed by atoms with Crippen molar-refractivity contribution in [1.29, 1.82) is 0 Å². The van der Waals surface area contributed by atoms with E-state index in [2.05, 4.69) is 19.1 Å². The van der Waals surface area contributed by atoms with Gasteiger partial charge in [0, 0.05) is 0 Å². The molecule has 1 fully saturated rings. The molecule has 0 heterocycles. The first-order valence-electron chi connectivity index (χ1n) is 11.8. The predicted molar refractivity (Wildman–Crippen MR) is 127 cm³/mol. The molecule has 0 radical (unpaired) electrons. The van der Waals surface area contributed by atoms with Gasteiger partial charge < -0.3 is 9.47 Å². The van der Waals surface area contributed by atoms with Crippen LogP contribution >= 0.6 is 0 Å². The van der Waals surface area contributed by atoms with Crippen molar-refractivity contribution in [3.05, 3.63) is 71.8 Å². The van der Waals surface area contributed by atoms with Gasteiger partial charge in [0.1, 0.15) is 18.1 Å². The van der Waals surface area contributed by atoms with Crippen molar-refractivity contribution < 1.29 is 14.3 Å². The Morgan fingerprint density at radius 3 is 2.29 bits per heavy atom. The van der Waals surface area contributed by atoms with Crippen molar-refractivity contribution in [1.82, 2.24) is 0 Å². The van der Waals surface area contributed by atoms with Gasteiger partial charge in [0.15, 0.2) is 0 Å². The van der Waals surface area contributed by atoms with E-state index in [9.17, 15) is 4.79 Å². The lowest BCUT2D eigenvalue weighted by molar-refractivity contribution is 0.0734. The van der Waals surface area contributed by atoms with Crippen molar-refractivity contribution in [3.63, 3.8) is 0 Å². The Bertz CT molecular complexity index is 812. The van der Waals surface area contributed by atoms with Crippen LogP contribution in [0.25, 0.3) is 0 Å². The second kappa shape index (κ2) is 12.3. The molecule has 0 unspecified atom stereocenters. The monoisotopic (exact) mass is 420 g/mol. The summed E-state index contributed by atoms with van der Waals surface area (Å²) in [6.07, 6.45) is 15.4. The van der Waals surface area contributed by atoms with Crippen molar-refractivity contribution >= 4 is 5.97 Å². The summed E-state index contributed by atoms with van der Waals surface area (Å²) in [6, 6.07) is 14.6. The minimum absolute atomic E-state index is 0.361. The molecule has 3 rings (SSSR count). The van der Waals surface area contributed by atoms with E-state index in [1.165, 1.54) is 51.4 Å². The zero-order chi connectivity index (χ0) is 21.9. The molecular weight excluding hydrogens is 384 g/mol. The van der Waals surface area contributed by atoms with Crippen LogP contribution in [0.3, 0.4) is 0 Å². The maximum Gasteiger partial charge on any atom is 0.343 e. The van der Waals surface area contributed by atoms with Gasteiger partial charge in [-0.1, -0.05) is 62.5 Å². The highest BCUT2D eigenvalue weighted by Crippen LogP contribution is 2.32. The van der Waals surface area contributed by atoms with E-state index in [0.29, 0.717) is 23.8 Å². The molecule has 3 nitrogen and oxygen atoms in total. The van der Waals surface area contributed by atoms with Crippen LogP contribution in [-0.4, -0.2) is 12.6 Å². The van der Waals surface area contributed by atoms with Crippen LogP contribution in [0.4, 0.5) is 0 Å². The van der Waals surface area contributed by atoms with Crippen molar-refractivity contribution in [2.24, 2.45) is 11.8 Å². The van der Waals surface area contributed by atoms with Crippen LogP contribution in [0.1, 0.15) is 74.2 Å². The number of carbonyl (C=O) groups is 1. The summed E-state index contributed by atoms with van der Waals surface area (Å²) in [7, 11) is 0. The van der Waals surface area contributed by atoms with E-state index in [0.717, 1.165) is 17.2 Å². The standard InChI is InChI=1S/C28H36O3/c1-3-4-5-7-23-11-13-24(14-12-23)8-6-21-30-26-19-15-25(16-20-26)28(29)31-27-17-9-22(2)10-18-27/h6,8-10,15-20,23-24H,3-5,7,11-14,21H2,1-2H3/b8-6+/t23-,24-. The molecule has 0 atom stereocenters. The number of hydrogen-bond acceptors (Lipinski definition) is 3. The van der Waals surface area contributed by atoms with Gasteiger partial charge in [-0.15, -0.1) is 0 Å². The molecule has 31 heavy (non-hydrogen) atoms. The van der Waals surface area contributed by atoms with E-state index in [4.69, 9.17) is 9.47 Å². The molecule has 1 aliphatic carbocycles. The van der Waals surface area contributed by atoms with Gasteiger partial charge in [0.25, 0.3) is 0 Å². The summed E-state index contributed by atoms with van der Waals surface area (Å²) >= 11 is 0. The molecule has 2 aromatic rings. The maximum absolute atomic E-state index is 12.3. The number of rotatable bonds is 10. The third kappa shape index (κ3) is 7.90. The van der Waals surface area contributed by atoms with Gasteiger partial charge in [0.2, 0.25) is 0 Å². The summed E-state index contributed by atoms with van der Waals surface area (Å²) in [5.41, 5.74) is 1.64. The maximum atomic E-state index is 12.3. The number of ether oxygens (including phenoxy) is 2. The van der Waals surface area contributed by atoms with Crippen molar-refractivity contribution in [2.45, 2.75) is 65.2 Å². The zero-order valence-corrected chi connectivity index (χ0v) is 19.0. The number of benzene rings is 2. The normalized spacial score (nSPS) is 18.8. The molecule has 0 amide bonds. The number of unbranched alkanes of at least 4 members (excludes halogenated alkanes) is 2. The predicted octanol–water partition coefficient (Wildman–Crippen LogP) is 7.54. The first-order valence-corrected chi connectivity index (χ1v) is 11.8. The number of aryl methyl sites for hydroxylation is 1. The highest BCUT2D eigenvalue weighted by molar-refractivity contribution is 5.91. The minimum Gasteiger partial charge on any atom is -0.490 e. The fourth-order valence-corrected chi connectivity index (χ4v) is 4.20. The molecule has 0 aromatic heterocycles. The minimum atomic E-state index is -0.361. The molecule has 2 aromatic carbocycles. The first kappa shape index (κ1) is 23.1. The molecule has 3 heteroatoms. The summed E-state index contributed by atoms with van der Waals surface area (Å²) in [5.74, 6) is 2.60. The average molecular weight is 421 g/mol. The molecule has 0 saturated heterocycles. The topological polar surface area (TPSA) is 35.5 Å². The van der Waals surface area contributed by atoms with E-state index >= 15 is 0 Å². The van der Waals surface area contributed by atoms with Crippen molar-refractivity contribution in [2.75, 3.05) is 6.61 Å². The quantitative estimate of drug-likeness (QED) is 0.172. The lowest BCUT2D eigenvalue weighted by Crippen LogP contribution is -2.13. The zero-order valence-electron chi connectivity index (χ0n) is 19.0. The van der Waals surface area contributed by atoms with Crippen LogP contribution in [0.5, 0.6) is 11.5 Å². The van der Waals surface area contributed by atoms with E-state index in [-0.39, 0.29) is 5.97 Å². The summed E-state index contributed by atoms with van der Waals surface area (Å²) in [5, 5.41) is 0. The molecule has 1 aliphatic rings. The Kier molecular flexibility index (Phi) is 9.20. The van der Waals surface area contributed by atoms with E-state index in [1.807, 2.05) is 31.2 Å². The smallest absolute Gasteiger partial charge is 0.343 e. The number of allylic oxidation sites excluding steroid dienone is 1. The molecule has 0 aliphatic heterocycles. The summed E-state index contributed by atoms with van der Waals surface area (Å²) in [4.78, 5) is 12.3. The number of esters is 1. The van der Waals surface area contributed by atoms with Crippen LogP contribution in [0.15, 0.2) is 60.7 Å². The average Bonchev–Trinajstić information content (AvgIpc) is 2.80. The number of hydrogen-bond donors (Lipinski definition) is 0. The SMILES string of the molecule is CCCCC[C@H]1CC[C@H](/C=C/COc2ccc(C(=O)Oc3ccc(C)cc3)cc2)CC1. The fraction of sp³-hybridized carbons (Fsp3) is 0.464. The second-order valence-corrected chi connectivity index (χ2v) is 8.74. The Morgan fingerprint density at radius 1 is 0.935 bits per heavy atom. The summed E-state index contributed by atoms with van der Waals surface area (Å²) in [6.45, 7) is 4.84.